The quantitative estimate of drug-likeness (QED) is 0.311. The Morgan fingerprint density at radius 3 is 2.12 bits per heavy atom. The number of hydrogen-bond donors (Lipinski definition) is 0. The fourth-order valence-electron chi connectivity index (χ4n) is 3.55. The molecule has 0 radical (unpaired) electrons. The van der Waals surface area contributed by atoms with Gasteiger partial charge < -0.3 is 0 Å². The van der Waals surface area contributed by atoms with E-state index < -0.39 is 23.4 Å². The Hall–Kier alpha value is -1.57. The number of benzene rings is 1. The van der Waals surface area contributed by atoms with E-state index in [9.17, 15) is 22.0 Å². The predicted molar refractivity (Wildman–Crippen MR) is 88.1 cm³/mol. The van der Waals surface area contributed by atoms with E-state index in [4.69, 9.17) is 0 Å². The highest BCUT2D eigenvalue weighted by atomic mass is 19.4. The molecule has 1 aromatic rings. The molecular formula is C20H23F5. The Bertz CT molecular complexity index is 605. The molecule has 0 saturated heterocycles. The lowest BCUT2D eigenvalue weighted by atomic mass is 9.77. The molecule has 0 atom stereocenters. The van der Waals surface area contributed by atoms with Crippen molar-refractivity contribution in [1.29, 1.82) is 0 Å². The summed E-state index contributed by atoms with van der Waals surface area (Å²) in [5, 5.41) is 0. The van der Waals surface area contributed by atoms with Gasteiger partial charge in [-0.15, -0.1) is 0 Å². The van der Waals surface area contributed by atoms with Crippen LogP contribution >= 0.6 is 0 Å². The third-order valence-corrected chi connectivity index (χ3v) is 4.93. The van der Waals surface area contributed by atoms with Crippen LogP contribution in [0.25, 0.3) is 0 Å². The van der Waals surface area contributed by atoms with Gasteiger partial charge in [0.05, 0.1) is 5.56 Å². The van der Waals surface area contributed by atoms with Crippen LogP contribution in [-0.2, 0) is 0 Å². The maximum atomic E-state index is 14.0. The molecule has 25 heavy (non-hydrogen) atoms. The maximum absolute atomic E-state index is 14.0. The second-order valence-electron chi connectivity index (χ2n) is 6.82. The van der Waals surface area contributed by atoms with Crippen LogP contribution in [0.4, 0.5) is 22.0 Å². The molecule has 1 aromatic carbocycles. The molecule has 0 amide bonds. The van der Waals surface area contributed by atoms with E-state index in [0.717, 1.165) is 43.7 Å². The molecule has 1 fully saturated rings. The van der Waals surface area contributed by atoms with Crippen molar-refractivity contribution in [2.45, 2.75) is 70.4 Å². The Labute approximate surface area is 145 Å². The van der Waals surface area contributed by atoms with E-state index in [1.165, 1.54) is 25.7 Å². The van der Waals surface area contributed by atoms with Gasteiger partial charge in [-0.1, -0.05) is 38.5 Å². The van der Waals surface area contributed by atoms with Crippen molar-refractivity contribution in [1.82, 2.24) is 0 Å². The van der Waals surface area contributed by atoms with Crippen molar-refractivity contribution in [3.63, 3.8) is 0 Å². The van der Waals surface area contributed by atoms with Gasteiger partial charge in [-0.2, -0.15) is 13.2 Å². The van der Waals surface area contributed by atoms with Crippen LogP contribution in [0.15, 0.2) is 12.1 Å². The summed E-state index contributed by atoms with van der Waals surface area (Å²) in [6.07, 6.45) is 3.88. The second-order valence-corrected chi connectivity index (χ2v) is 6.82. The van der Waals surface area contributed by atoms with Crippen LogP contribution in [0, 0.1) is 29.4 Å². The topological polar surface area (TPSA) is 0 Å². The van der Waals surface area contributed by atoms with Gasteiger partial charge in [0.25, 0.3) is 0 Å². The zero-order valence-electron chi connectivity index (χ0n) is 14.4. The summed E-state index contributed by atoms with van der Waals surface area (Å²) < 4.78 is 64.3. The van der Waals surface area contributed by atoms with Crippen molar-refractivity contribution in [2.24, 2.45) is 5.92 Å². The smallest absolute Gasteiger partial charge is 0.206 e. The van der Waals surface area contributed by atoms with Gasteiger partial charge in [-0.05, 0) is 55.2 Å². The molecule has 0 heterocycles. The lowest BCUT2D eigenvalue weighted by Crippen LogP contribution is -2.14. The number of rotatable bonds is 5. The van der Waals surface area contributed by atoms with Crippen molar-refractivity contribution < 1.29 is 22.0 Å². The van der Waals surface area contributed by atoms with Crippen LogP contribution in [0.2, 0.25) is 0 Å². The predicted octanol–water partition coefficient (Wildman–Crippen LogP) is 6.73. The fourth-order valence-corrected chi connectivity index (χ4v) is 3.55. The van der Waals surface area contributed by atoms with Gasteiger partial charge in [0, 0.05) is 5.92 Å². The van der Waals surface area contributed by atoms with Crippen molar-refractivity contribution in [3.05, 3.63) is 34.9 Å². The number of alkyl halides is 3. The molecule has 138 valence electrons. The number of hydrogen-bond acceptors (Lipinski definition) is 0. The highest BCUT2D eigenvalue weighted by molar-refractivity contribution is 5.40. The summed E-state index contributed by atoms with van der Waals surface area (Å²) in [4.78, 5) is 0. The van der Waals surface area contributed by atoms with Crippen LogP contribution in [0.5, 0.6) is 0 Å². The normalized spacial score (nSPS) is 20.9. The first-order chi connectivity index (χ1) is 11.8. The summed E-state index contributed by atoms with van der Waals surface area (Å²) >= 11 is 0. The van der Waals surface area contributed by atoms with Gasteiger partial charge in [0.1, 0.15) is 11.6 Å². The van der Waals surface area contributed by atoms with Gasteiger partial charge >= 0.3 is 6.18 Å². The third-order valence-electron chi connectivity index (χ3n) is 4.93. The van der Waals surface area contributed by atoms with E-state index in [2.05, 4.69) is 6.92 Å². The SMILES string of the molecule is CCCCCC1CCC(c2cc(F)c(C#CC(F)(F)F)c(F)c2)CC1. The molecule has 1 aliphatic carbocycles. The van der Waals surface area contributed by atoms with Crippen molar-refractivity contribution in [3.8, 4) is 11.8 Å². The van der Waals surface area contributed by atoms with Crippen molar-refractivity contribution >= 4 is 0 Å². The van der Waals surface area contributed by atoms with Crippen LogP contribution in [-0.4, -0.2) is 6.18 Å². The average molecular weight is 358 g/mol. The molecule has 0 bridgehead atoms. The Kier molecular flexibility index (Phi) is 6.87. The van der Waals surface area contributed by atoms with E-state index >= 15 is 0 Å². The summed E-state index contributed by atoms with van der Waals surface area (Å²) in [6.45, 7) is 2.17. The maximum Gasteiger partial charge on any atom is 0.458 e. The fraction of sp³-hybridized carbons (Fsp3) is 0.600. The summed E-state index contributed by atoms with van der Waals surface area (Å²) in [5.41, 5.74) is -0.283. The first-order valence-corrected chi connectivity index (χ1v) is 8.89. The minimum absolute atomic E-state index is 0.0658. The van der Waals surface area contributed by atoms with Crippen molar-refractivity contribution in [2.75, 3.05) is 0 Å². The standard InChI is InChI=1S/C20H23F5/c1-2-3-4-5-14-6-8-15(9-7-14)16-12-18(21)17(19(22)13-16)10-11-20(23,24)25/h12-15H,2-9H2,1H3. The van der Waals surface area contributed by atoms with Gasteiger partial charge in [-0.25, -0.2) is 8.78 Å². The minimum atomic E-state index is -4.77. The van der Waals surface area contributed by atoms with E-state index in [1.54, 1.807) is 5.92 Å². The lowest BCUT2D eigenvalue weighted by Gasteiger charge is -2.29. The van der Waals surface area contributed by atoms with Gasteiger partial charge in [0.15, 0.2) is 0 Å². The van der Waals surface area contributed by atoms with Crippen LogP contribution in [0.3, 0.4) is 0 Å². The second kappa shape index (κ2) is 8.69. The number of halogens is 5. The molecule has 0 unspecified atom stereocenters. The van der Waals surface area contributed by atoms with Crippen LogP contribution < -0.4 is 0 Å². The lowest BCUT2D eigenvalue weighted by molar-refractivity contribution is -0.0696. The highest BCUT2D eigenvalue weighted by Crippen LogP contribution is 2.38. The van der Waals surface area contributed by atoms with Gasteiger partial charge in [-0.3, -0.25) is 0 Å². The molecule has 0 aliphatic heterocycles. The molecule has 0 N–H and O–H groups in total. The summed E-state index contributed by atoms with van der Waals surface area (Å²) in [5.74, 6) is 1.19. The molecule has 1 aliphatic rings. The summed E-state index contributed by atoms with van der Waals surface area (Å²) in [6, 6.07) is 2.29. The third kappa shape index (κ3) is 6.02. The highest BCUT2D eigenvalue weighted by Gasteiger charge is 2.25. The Balaban J connectivity index is 2.03. The molecule has 0 spiro atoms. The molecular weight excluding hydrogens is 335 g/mol. The molecule has 2 rings (SSSR count). The first-order valence-electron chi connectivity index (χ1n) is 8.89. The monoisotopic (exact) mass is 358 g/mol. The largest absolute Gasteiger partial charge is 0.458 e. The summed E-state index contributed by atoms with van der Waals surface area (Å²) in [7, 11) is 0. The first kappa shape index (κ1) is 19.8. The van der Waals surface area contributed by atoms with Gasteiger partial charge in [0.2, 0.25) is 0 Å². The van der Waals surface area contributed by atoms with E-state index in [0.29, 0.717) is 11.5 Å². The van der Waals surface area contributed by atoms with E-state index in [1.807, 2.05) is 0 Å². The Morgan fingerprint density at radius 2 is 1.60 bits per heavy atom. The average Bonchev–Trinajstić information content (AvgIpc) is 2.54. The molecule has 5 heteroatoms. The molecule has 0 nitrogen and oxygen atoms in total. The zero-order chi connectivity index (χ0) is 18.4. The Morgan fingerprint density at radius 1 is 1.00 bits per heavy atom. The molecule has 1 saturated carbocycles. The van der Waals surface area contributed by atoms with Crippen LogP contribution in [0.1, 0.15) is 75.3 Å². The molecule has 0 aromatic heterocycles. The van der Waals surface area contributed by atoms with E-state index in [-0.39, 0.29) is 5.92 Å². The minimum Gasteiger partial charge on any atom is -0.206 e. The number of unbranched alkanes of at least 4 members (excludes halogenated alkanes) is 2. The zero-order valence-corrected chi connectivity index (χ0v) is 14.4.